The minimum atomic E-state index is -4.61. The number of carbonyl (C=O) groups excluding carboxylic acids is 1. The zero-order valence-corrected chi connectivity index (χ0v) is 42.5. The minimum absolute atomic E-state index is 0.0919. The molecule has 72 heavy (non-hydrogen) atoms. The lowest BCUT2D eigenvalue weighted by atomic mass is 9.59. The van der Waals surface area contributed by atoms with Crippen LogP contribution in [0.1, 0.15) is 125 Å². The number of ether oxygens (including phenoxy) is 2. The number of fused-ring (bicyclic) bond motifs is 3. The number of nitro groups is 1. The molecule has 1 spiro atoms. The average Bonchev–Trinajstić information content (AvgIpc) is 4.01. The number of likely N-dealkylation sites (tertiary alicyclic amines) is 1. The molecular formula is C55H68N8O8S. The molecule has 3 aromatic carbocycles. The first-order valence-electron chi connectivity index (χ1n) is 26.2. The molecule has 17 heteroatoms. The third-order valence-corrected chi connectivity index (χ3v) is 18.4. The smallest absolute Gasteiger partial charge is 0.293 e. The van der Waals surface area contributed by atoms with Gasteiger partial charge in [0.05, 0.1) is 39.9 Å². The summed E-state index contributed by atoms with van der Waals surface area (Å²) in [6, 6.07) is 23.3. The van der Waals surface area contributed by atoms with Gasteiger partial charge in [-0.05, 0) is 149 Å². The zero-order chi connectivity index (χ0) is 49.9. The Morgan fingerprint density at radius 1 is 0.972 bits per heavy atom. The van der Waals surface area contributed by atoms with Gasteiger partial charge in [0.1, 0.15) is 23.1 Å². The van der Waals surface area contributed by atoms with E-state index in [1.54, 1.807) is 6.07 Å². The van der Waals surface area contributed by atoms with Crippen LogP contribution in [-0.2, 0) is 14.8 Å². The van der Waals surface area contributed by atoms with E-state index in [9.17, 15) is 28.4 Å². The minimum Gasteiger partial charge on any atom is -0.472 e. The highest BCUT2D eigenvalue weighted by Gasteiger charge is 2.50. The molecule has 0 unspecified atom stereocenters. The van der Waals surface area contributed by atoms with Crippen LogP contribution < -0.4 is 24.6 Å². The zero-order valence-electron chi connectivity index (χ0n) is 41.6. The van der Waals surface area contributed by atoms with Gasteiger partial charge in [-0.2, -0.15) is 4.98 Å². The summed E-state index contributed by atoms with van der Waals surface area (Å²) in [5.74, 6) is 0.133. The number of nitrogens with one attached hydrogen (secondary N) is 3. The van der Waals surface area contributed by atoms with Crippen molar-refractivity contribution in [1.82, 2.24) is 19.6 Å². The Balaban J connectivity index is 0.865. The lowest BCUT2D eigenvalue weighted by molar-refractivity contribution is -0.384. The fourth-order valence-electron chi connectivity index (χ4n) is 12.9. The maximum Gasteiger partial charge on any atom is 0.293 e. The first kappa shape index (κ1) is 48.5. The fourth-order valence-corrected chi connectivity index (χ4v) is 13.9. The number of hydrogen-bond acceptors (Lipinski definition) is 13. The van der Waals surface area contributed by atoms with Gasteiger partial charge in [0, 0.05) is 73.9 Å². The van der Waals surface area contributed by atoms with Crippen molar-refractivity contribution >= 4 is 55.4 Å². The van der Waals surface area contributed by atoms with E-state index in [1.165, 1.54) is 48.9 Å². The first-order chi connectivity index (χ1) is 34.6. The third kappa shape index (κ3) is 9.53. The normalized spacial score (nSPS) is 25.6. The largest absolute Gasteiger partial charge is 0.472 e. The molecule has 16 nitrogen and oxygen atoms in total. The Labute approximate surface area is 422 Å². The van der Waals surface area contributed by atoms with E-state index in [1.807, 2.05) is 42.3 Å². The van der Waals surface area contributed by atoms with E-state index in [-0.39, 0.29) is 34.6 Å². The number of aromatic nitrogens is 2. The summed E-state index contributed by atoms with van der Waals surface area (Å²) in [4.78, 5) is 41.4. The molecule has 6 heterocycles. The molecule has 5 aromatic rings. The Bertz CT molecular complexity index is 2950. The second-order valence-electron chi connectivity index (χ2n) is 22.2. The van der Waals surface area contributed by atoms with E-state index >= 15 is 0 Å². The van der Waals surface area contributed by atoms with E-state index in [0.29, 0.717) is 86.5 Å². The van der Waals surface area contributed by atoms with Crippen molar-refractivity contribution in [2.24, 2.45) is 17.3 Å². The van der Waals surface area contributed by atoms with Crippen molar-refractivity contribution < 1.29 is 32.7 Å². The highest BCUT2D eigenvalue weighted by Crippen LogP contribution is 2.55. The molecule has 5 fully saturated rings. The van der Waals surface area contributed by atoms with Crippen molar-refractivity contribution in [3.05, 3.63) is 106 Å². The first-order valence-corrected chi connectivity index (χ1v) is 27.7. The van der Waals surface area contributed by atoms with Gasteiger partial charge in [-0.1, -0.05) is 38.1 Å². The summed E-state index contributed by atoms with van der Waals surface area (Å²) in [6.07, 6.45) is 12.0. The molecule has 2 aromatic heterocycles. The van der Waals surface area contributed by atoms with Gasteiger partial charge in [0.2, 0.25) is 5.88 Å². The average molecular weight is 1000 g/mol. The molecule has 3 atom stereocenters. The predicted octanol–water partition coefficient (Wildman–Crippen LogP) is 9.59. The summed E-state index contributed by atoms with van der Waals surface area (Å²) < 4.78 is 43.3. The van der Waals surface area contributed by atoms with Gasteiger partial charge in [0.15, 0.2) is 0 Å². The molecule has 2 aliphatic carbocycles. The highest BCUT2D eigenvalue weighted by molar-refractivity contribution is 7.90. The maximum atomic E-state index is 14.7. The molecule has 0 radical (unpaired) electrons. The van der Waals surface area contributed by atoms with Gasteiger partial charge in [0.25, 0.3) is 21.6 Å². The molecule has 0 bridgehead atoms. The van der Waals surface area contributed by atoms with Gasteiger partial charge in [-0.15, -0.1) is 0 Å². The van der Waals surface area contributed by atoms with Crippen molar-refractivity contribution in [2.45, 2.75) is 126 Å². The summed E-state index contributed by atoms with van der Waals surface area (Å²) in [7, 11) is -4.61. The fraction of sp³-hybridized carbons (Fsp3) is 0.527. The van der Waals surface area contributed by atoms with Gasteiger partial charge in [-0.25, -0.2) is 13.1 Å². The van der Waals surface area contributed by atoms with Gasteiger partial charge in [-0.3, -0.25) is 19.8 Å². The number of hydrogen-bond donors (Lipinski definition) is 4. The topological polar surface area (TPSA) is 195 Å². The lowest BCUT2D eigenvalue weighted by Gasteiger charge is -2.56. The molecular weight excluding hydrogens is 933 g/mol. The monoisotopic (exact) mass is 1000 g/mol. The number of rotatable bonds is 12. The maximum absolute atomic E-state index is 14.7. The van der Waals surface area contributed by atoms with E-state index in [0.717, 1.165) is 62.5 Å². The highest BCUT2D eigenvalue weighted by atomic mass is 32.2. The van der Waals surface area contributed by atoms with E-state index < -0.39 is 37.0 Å². The van der Waals surface area contributed by atoms with Crippen molar-refractivity contribution in [3.8, 4) is 5.88 Å². The number of carbonyl (C=O) groups is 1. The van der Waals surface area contributed by atoms with E-state index in [4.69, 9.17) is 14.5 Å². The number of aromatic amines is 1. The summed E-state index contributed by atoms with van der Waals surface area (Å²) >= 11 is 0. The van der Waals surface area contributed by atoms with Crippen LogP contribution in [0.2, 0.25) is 0 Å². The van der Waals surface area contributed by atoms with Gasteiger partial charge < -0.3 is 34.7 Å². The Kier molecular flexibility index (Phi) is 13.0. The summed E-state index contributed by atoms with van der Waals surface area (Å²) in [5, 5.41) is 26.8. The second-order valence-corrected chi connectivity index (χ2v) is 23.9. The Morgan fingerprint density at radius 2 is 1.76 bits per heavy atom. The van der Waals surface area contributed by atoms with Crippen LogP contribution in [0.25, 0.3) is 11.0 Å². The Morgan fingerprint density at radius 3 is 2.54 bits per heavy atom. The predicted molar refractivity (Wildman–Crippen MR) is 278 cm³/mol. The number of nitro benzene ring substituents is 1. The molecule has 4 aliphatic heterocycles. The number of sulfonamides is 1. The number of aliphatic hydroxyl groups is 1. The van der Waals surface area contributed by atoms with Crippen LogP contribution in [0.15, 0.2) is 83.9 Å². The number of anilines is 4. The van der Waals surface area contributed by atoms with Crippen LogP contribution in [0.5, 0.6) is 5.88 Å². The molecule has 11 rings (SSSR count). The number of amides is 1. The number of piperidine rings is 1. The molecule has 3 saturated heterocycles. The van der Waals surface area contributed by atoms with Crippen LogP contribution in [0, 0.1) is 27.4 Å². The SMILES string of the molecule is CC(C)c1ccccc1[C@@H]1CCCN1C1CC2(CCN(c3ccc(C(=O)NS(=O)(=O)c4ccc(NCC5CCC(C)(O)CC5)c([N+](=O)[O-])c4)c(N4C[C@@H]5COCC[C@H]5Oc5nc6[nH]ccc6cc54)c3)CC2)C1. The van der Waals surface area contributed by atoms with Crippen molar-refractivity contribution in [1.29, 1.82) is 0 Å². The summed E-state index contributed by atoms with van der Waals surface area (Å²) in [5.41, 5.74) is 5.15. The summed E-state index contributed by atoms with van der Waals surface area (Å²) in [6.45, 7) is 11.1. The van der Waals surface area contributed by atoms with Crippen molar-refractivity contribution in [3.63, 3.8) is 0 Å². The number of H-pyrrole nitrogens is 1. The molecule has 2 saturated carbocycles. The van der Waals surface area contributed by atoms with Crippen LogP contribution in [-0.4, -0.2) is 103 Å². The van der Waals surface area contributed by atoms with Gasteiger partial charge >= 0.3 is 0 Å². The Hall–Kier alpha value is -5.75. The van der Waals surface area contributed by atoms with E-state index in [2.05, 4.69) is 62.9 Å². The quantitative estimate of drug-likeness (QED) is 0.0682. The van der Waals surface area contributed by atoms with Crippen molar-refractivity contribution in [2.75, 3.05) is 61.1 Å². The molecule has 4 N–H and O–H groups in total. The second kappa shape index (κ2) is 19.3. The van der Waals surface area contributed by atoms with Crippen LogP contribution in [0.4, 0.5) is 28.4 Å². The number of nitrogens with zero attached hydrogens (tertiary/aromatic N) is 5. The third-order valence-electron chi connectivity index (χ3n) is 17.1. The lowest BCUT2D eigenvalue weighted by Crippen LogP contribution is -2.55. The molecule has 1 amide bonds. The number of benzene rings is 3. The standard InChI is InChI=1S/C55H68N8O8S/c1-35(2)42-7-4-5-8-43(42)46-9-6-23-61(46)40-30-55(31-40)20-24-60(25-21-55)39-10-12-44(47(28-39)62-33-38-34-70-26-17-50(38)71-53-49(62)27-37-16-22-56-51(37)58-53)52(64)59-72(68,69)41-11-13-45(48(29-41)63(66)67)57-32-36-14-18-54(3,65)19-15-36/h4-5,7-8,10-13,16,22,27-29,35-36,38,40,46,50,57,65H,6,9,14-15,17-21,23-26,30-34H2,1-3H3,(H,56,58)(H,59,64)/t36?,38-,46+,50-,54?/m1/s1. The molecule has 6 aliphatic rings. The van der Waals surface area contributed by atoms with Crippen LogP contribution in [0.3, 0.4) is 0 Å². The van der Waals surface area contributed by atoms with Crippen LogP contribution >= 0.6 is 0 Å². The number of pyridine rings is 1. The molecule has 382 valence electrons.